The van der Waals surface area contributed by atoms with Crippen LogP contribution in [0.15, 0.2) is 41.0 Å². The van der Waals surface area contributed by atoms with Gasteiger partial charge in [-0.25, -0.2) is 4.98 Å². The van der Waals surface area contributed by atoms with Gasteiger partial charge in [0.05, 0.1) is 9.85 Å². The third-order valence-electron chi connectivity index (χ3n) is 2.35. The largest absolute Gasteiger partial charge is 0.334 e. The van der Waals surface area contributed by atoms with Crippen LogP contribution in [0.2, 0.25) is 0 Å². The fraction of sp³-hybridized carbons (Fsp3) is 0. The Morgan fingerprint density at radius 2 is 1.90 bits per heavy atom. The predicted octanol–water partition coefficient (Wildman–Crippen LogP) is 3.40. The minimum atomic E-state index is -0.586. The van der Waals surface area contributed by atoms with Gasteiger partial charge in [-0.05, 0) is 22.0 Å². The molecular weight excluding hydrogens is 332 g/mol. The standard InChI is InChI=1S/C11H7BrN4O4/c12-7-4-10(16(19)20)11(13-6-7)14-8-2-1-3-9(5-8)15(17)18/h1-6H,(H,13,14). The SMILES string of the molecule is O=[N+]([O-])c1cccc(Nc2ncc(Br)cc2[N+](=O)[O-])c1. The van der Waals surface area contributed by atoms with Gasteiger partial charge < -0.3 is 5.32 Å². The summed E-state index contributed by atoms with van der Waals surface area (Å²) < 4.78 is 0.466. The molecule has 0 spiro atoms. The summed E-state index contributed by atoms with van der Waals surface area (Å²) in [5.41, 5.74) is -0.00207. The van der Waals surface area contributed by atoms with Crippen molar-refractivity contribution in [2.45, 2.75) is 0 Å². The van der Waals surface area contributed by atoms with Gasteiger partial charge in [0.25, 0.3) is 5.69 Å². The molecule has 0 aliphatic rings. The summed E-state index contributed by atoms with van der Waals surface area (Å²) >= 11 is 3.10. The first kappa shape index (κ1) is 13.9. The number of non-ortho nitro benzene ring substituents is 1. The average Bonchev–Trinajstić information content (AvgIpc) is 2.41. The zero-order chi connectivity index (χ0) is 14.7. The van der Waals surface area contributed by atoms with E-state index in [0.29, 0.717) is 10.2 Å². The van der Waals surface area contributed by atoms with Crippen molar-refractivity contribution in [1.29, 1.82) is 0 Å². The summed E-state index contributed by atoms with van der Waals surface area (Å²) in [6, 6.07) is 6.93. The lowest BCUT2D eigenvalue weighted by Gasteiger charge is -2.06. The molecule has 9 heteroatoms. The monoisotopic (exact) mass is 338 g/mol. The molecule has 0 bridgehead atoms. The van der Waals surface area contributed by atoms with Gasteiger partial charge in [-0.2, -0.15) is 0 Å². The molecule has 0 saturated heterocycles. The number of pyridine rings is 1. The van der Waals surface area contributed by atoms with E-state index in [4.69, 9.17) is 0 Å². The van der Waals surface area contributed by atoms with Gasteiger partial charge in [-0.1, -0.05) is 6.07 Å². The maximum atomic E-state index is 10.9. The molecule has 2 aromatic rings. The number of benzene rings is 1. The number of rotatable bonds is 4. The zero-order valence-electron chi connectivity index (χ0n) is 9.82. The second-order valence-electron chi connectivity index (χ2n) is 3.71. The van der Waals surface area contributed by atoms with Gasteiger partial charge in [-0.15, -0.1) is 0 Å². The molecule has 1 heterocycles. The number of nitro benzene ring substituents is 1. The average molecular weight is 339 g/mol. The van der Waals surface area contributed by atoms with E-state index < -0.39 is 9.85 Å². The summed E-state index contributed by atoms with van der Waals surface area (Å²) in [5.74, 6) is 0.0127. The first-order valence-corrected chi connectivity index (χ1v) is 6.08. The third-order valence-corrected chi connectivity index (χ3v) is 2.78. The van der Waals surface area contributed by atoms with Crippen LogP contribution in [0.3, 0.4) is 0 Å². The van der Waals surface area contributed by atoms with E-state index in [9.17, 15) is 20.2 Å². The van der Waals surface area contributed by atoms with Crippen LogP contribution >= 0.6 is 15.9 Å². The quantitative estimate of drug-likeness (QED) is 0.675. The van der Waals surface area contributed by atoms with E-state index in [1.54, 1.807) is 6.07 Å². The highest BCUT2D eigenvalue weighted by molar-refractivity contribution is 9.10. The van der Waals surface area contributed by atoms with Crippen molar-refractivity contribution in [3.63, 3.8) is 0 Å². The van der Waals surface area contributed by atoms with Gasteiger partial charge >= 0.3 is 5.69 Å². The predicted molar refractivity (Wildman–Crippen MR) is 75.0 cm³/mol. The van der Waals surface area contributed by atoms with Crippen LogP contribution < -0.4 is 5.32 Å². The van der Waals surface area contributed by atoms with Gasteiger partial charge in [0.2, 0.25) is 5.82 Å². The highest BCUT2D eigenvalue weighted by Crippen LogP contribution is 2.29. The Labute approximate surface area is 120 Å². The van der Waals surface area contributed by atoms with Gasteiger partial charge in [0.15, 0.2) is 0 Å². The first-order chi connectivity index (χ1) is 9.47. The van der Waals surface area contributed by atoms with Crippen LogP contribution in [-0.4, -0.2) is 14.8 Å². The van der Waals surface area contributed by atoms with Crippen molar-refractivity contribution >= 4 is 38.8 Å². The Balaban J connectivity index is 2.37. The highest BCUT2D eigenvalue weighted by atomic mass is 79.9. The maximum absolute atomic E-state index is 10.9. The molecule has 0 atom stereocenters. The molecule has 0 fully saturated rings. The summed E-state index contributed by atoms with van der Waals surface area (Å²) in [6.45, 7) is 0. The van der Waals surface area contributed by atoms with E-state index in [0.717, 1.165) is 0 Å². The second-order valence-corrected chi connectivity index (χ2v) is 4.63. The lowest BCUT2D eigenvalue weighted by atomic mass is 10.2. The molecule has 0 unspecified atom stereocenters. The van der Waals surface area contributed by atoms with Gasteiger partial charge in [0.1, 0.15) is 0 Å². The fourth-order valence-electron chi connectivity index (χ4n) is 1.50. The molecule has 1 aromatic carbocycles. The Bertz CT molecular complexity index is 692. The van der Waals surface area contributed by atoms with Crippen LogP contribution in [0.25, 0.3) is 0 Å². The molecule has 102 valence electrons. The van der Waals surface area contributed by atoms with Crippen molar-refractivity contribution in [3.8, 4) is 0 Å². The van der Waals surface area contributed by atoms with Gasteiger partial charge in [-0.3, -0.25) is 20.2 Å². The lowest BCUT2D eigenvalue weighted by Crippen LogP contribution is -2.00. The van der Waals surface area contributed by atoms with Crippen molar-refractivity contribution < 1.29 is 9.85 Å². The molecule has 0 radical (unpaired) electrons. The highest BCUT2D eigenvalue weighted by Gasteiger charge is 2.16. The third kappa shape index (κ3) is 3.06. The smallest absolute Gasteiger partial charge is 0.312 e. The molecule has 1 aromatic heterocycles. The fourth-order valence-corrected chi connectivity index (χ4v) is 1.82. The Morgan fingerprint density at radius 1 is 1.15 bits per heavy atom. The van der Waals surface area contributed by atoms with Crippen LogP contribution in [-0.2, 0) is 0 Å². The summed E-state index contributed by atoms with van der Waals surface area (Å²) in [4.78, 5) is 24.4. The van der Waals surface area contributed by atoms with Crippen LogP contribution in [0.5, 0.6) is 0 Å². The number of nitrogens with one attached hydrogen (secondary N) is 1. The van der Waals surface area contributed by atoms with Crippen LogP contribution in [0.1, 0.15) is 0 Å². The zero-order valence-corrected chi connectivity index (χ0v) is 11.4. The van der Waals surface area contributed by atoms with Crippen molar-refractivity contribution in [1.82, 2.24) is 4.98 Å². The summed E-state index contributed by atoms with van der Waals surface area (Å²) in [5, 5.41) is 24.3. The Hall–Kier alpha value is -2.55. The van der Waals surface area contributed by atoms with E-state index in [1.807, 2.05) is 0 Å². The summed E-state index contributed by atoms with van der Waals surface area (Å²) in [6.07, 6.45) is 1.40. The Kier molecular flexibility index (Phi) is 3.89. The van der Waals surface area contributed by atoms with Crippen molar-refractivity contribution in [3.05, 3.63) is 61.2 Å². The number of aromatic nitrogens is 1. The molecule has 0 amide bonds. The number of hydrogen-bond acceptors (Lipinski definition) is 6. The van der Waals surface area contributed by atoms with Crippen molar-refractivity contribution in [2.24, 2.45) is 0 Å². The lowest BCUT2D eigenvalue weighted by molar-refractivity contribution is -0.384. The van der Waals surface area contributed by atoms with E-state index in [2.05, 4.69) is 26.2 Å². The summed E-state index contributed by atoms with van der Waals surface area (Å²) in [7, 11) is 0. The second kappa shape index (κ2) is 5.61. The van der Waals surface area contributed by atoms with Gasteiger partial charge in [0, 0.05) is 34.6 Å². The molecular formula is C11H7BrN4O4. The number of halogens is 1. The maximum Gasteiger partial charge on any atom is 0.312 e. The first-order valence-electron chi connectivity index (χ1n) is 5.29. The minimum Gasteiger partial charge on any atom is -0.334 e. The van der Waals surface area contributed by atoms with Crippen LogP contribution in [0.4, 0.5) is 22.9 Å². The topological polar surface area (TPSA) is 111 Å². The molecule has 8 nitrogen and oxygen atoms in total. The Morgan fingerprint density at radius 3 is 2.55 bits per heavy atom. The number of nitrogens with zero attached hydrogens (tertiary/aromatic N) is 3. The molecule has 0 aliphatic heterocycles. The molecule has 0 saturated carbocycles. The molecule has 1 N–H and O–H groups in total. The minimum absolute atomic E-state index is 0.0127. The number of anilines is 2. The normalized spacial score (nSPS) is 10.1. The van der Waals surface area contributed by atoms with E-state index >= 15 is 0 Å². The van der Waals surface area contributed by atoms with E-state index in [-0.39, 0.29) is 17.2 Å². The van der Waals surface area contributed by atoms with Crippen LogP contribution in [0, 0.1) is 20.2 Å². The molecule has 0 aliphatic carbocycles. The molecule has 20 heavy (non-hydrogen) atoms. The van der Waals surface area contributed by atoms with Crippen molar-refractivity contribution in [2.75, 3.05) is 5.32 Å². The van der Waals surface area contributed by atoms with E-state index in [1.165, 1.54) is 30.5 Å². The molecule has 2 rings (SSSR count). The number of hydrogen-bond donors (Lipinski definition) is 1. The number of nitro groups is 2.